The van der Waals surface area contributed by atoms with Crippen molar-refractivity contribution < 1.29 is 14.2 Å². The Morgan fingerprint density at radius 3 is 2.43 bits per heavy atom. The van der Waals surface area contributed by atoms with Crippen molar-refractivity contribution in [2.24, 2.45) is 5.73 Å². The Morgan fingerprint density at radius 1 is 1.14 bits per heavy atom. The van der Waals surface area contributed by atoms with Crippen LogP contribution in [0.25, 0.3) is 0 Å². The van der Waals surface area contributed by atoms with Gasteiger partial charge in [0.2, 0.25) is 0 Å². The summed E-state index contributed by atoms with van der Waals surface area (Å²) in [4.78, 5) is 4.61. The first-order valence-corrected chi connectivity index (χ1v) is 6.65. The van der Waals surface area contributed by atoms with Crippen LogP contribution in [0.3, 0.4) is 0 Å². The van der Waals surface area contributed by atoms with Gasteiger partial charge in [0.25, 0.3) is 0 Å². The number of pyridine rings is 1. The minimum absolute atomic E-state index is 0.271. The fourth-order valence-corrected chi connectivity index (χ4v) is 1.96. The lowest BCUT2D eigenvalue weighted by atomic mass is 10.2. The summed E-state index contributed by atoms with van der Waals surface area (Å²) in [7, 11) is 3.15. The third-order valence-corrected chi connectivity index (χ3v) is 3.12. The molecule has 0 aliphatic heterocycles. The first kappa shape index (κ1) is 15.1. The van der Waals surface area contributed by atoms with E-state index in [2.05, 4.69) is 4.98 Å². The van der Waals surface area contributed by atoms with Crippen LogP contribution in [0.15, 0.2) is 36.5 Å². The molecule has 0 saturated heterocycles. The Kier molecular flexibility index (Phi) is 4.94. The van der Waals surface area contributed by atoms with Crippen molar-refractivity contribution in [1.29, 1.82) is 0 Å². The Morgan fingerprint density at radius 2 is 1.86 bits per heavy atom. The molecule has 110 valence electrons. The molecular formula is C15H16N2O3S. The molecule has 1 aromatic heterocycles. The van der Waals surface area contributed by atoms with Crippen molar-refractivity contribution in [3.63, 3.8) is 0 Å². The summed E-state index contributed by atoms with van der Waals surface area (Å²) in [5.41, 5.74) is 7.01. The molecular weight excluding hydrogens is 288 g/mol. The Hall–Kier alpha value is -2.34. The van der Waals surface area contributed by atoms with E-state index in [0.29, 0.717) is 27.9 Å². The number of hydrogen-bond donors (Lipinski definition) is 1. The summed E-state index contributed by atoms with van der Waals surface area (Å²) in [5, 5.41) is 0. The molecule has 0 aliphatic carbocycles. The molecule has 21 heavy (non-hydrogen) atoms. The van der Waals surface area contributed by atoms with Gasteiger partial charge >= 0.3 is 0 Å². The average molecular weight is 304 g/mol. The minimum Gasteiger partial charge on any atom is -0.493 e. The molecule has 0 unspecified atom stereocenters. The van der Waals surface area contributed by atoms with Crippen LogP contribution in [-0.4, -0.2) is 24.2 Å². The summed E-state index contributed by atoms with van der Waals surface area (Å²) in [6.07, 6.45) is 1.65. The topological polar surface area (TPSA) is 66.6 Å². The fraction of sp³-hybridized carbons (Fsp3) is 0.200. The normalized spacial score (nSPS) is 10.0. The molecule has 0 amide bonds. The molecule has 0 atom stereocenters. The third kappa shape index (κ3) is 3.61. The summed E-state index contributed by atoms with van der Waals surface area (Å²) < 4.78 is 16.2. The lowest BCUT2D eigenvalue weighted by molar-refractivity contribution is 0.285. The molecule has 0 fully saturated rings. The van der Waals surface area contributed by atoms with E-state index in [9.17, 15) is 0 Å². The zero-order valence-electron chi connectivity index (χ0n) is 11.8. The number of methoxy groups -OCH3 is 2. The molecule has 0 aliphatic rings. The van der Waals surface area contributed by atoms with Crippen molar-refractivity contribution in [2.45, 2.75) is 6.61 Å². The van der Waals surface area contributed by atoms with E-state index in [1.165, 1.54) is 0 Å². The number of aromatic nitrogens is 1. The van der Waals surface area contributed by atoms with Crippen molar-refractivity contribution in [2.75, 3.05) is 14.2 Å². The monoisotopic (exact) mass is 304 g/mol. The van der Waals surface area contributed by atoms with Gasteiger partial charge in [0.1, 0.15) is 23.0 Å². The summed E-state index contributed by atoms with van der Waals surface area (Å²) in [5.74, 6) is 1.89. The van der Waals surface area contributed by atoms with Crippen LogP contribution in [0.1, 0.15) is 11.3 Å². The van der Waals surface area contributed by atoms with Crippen LogP contribution in [0, 0.1) is 0 Å². The highest BCUT2D eigenvalue weighted by Crippen LogP contribution is 2.29. The van der Waals surface area contributed by atoms with Crippen LogP contribution >= 0.6 is 12.2 Å². The largest absolute Gasteiger partial charge is 0.493 e. The molecule has 0 radical (unpaired) electrons. The second-order valence-electron chi connectivity index (χ2n) is 4.17. The molecule has 1 aromatic carbocycles. The van der Waals surface area contributed by atoms with Gasteiger partial charge in [-0.15, -0.1) is 0 Å². The van der Waals surface area contributed by atoms with Gasteiger partial charge in [-0.05, 0) is 24.3 Å². The van der Waals surface area contributed by atoms with E-state index >= 15 is 0 Å². The average Bonchev–Trinajstić information content (AvgIpc) is 2.52. The van der Waals surface area contributed by atoms with Gasteiger partial charge < -0.3 is 19.9 Å². The Bertz CT molecular complexity index is 629. The number of nitrogens with zero attached hydrogens (tertiary/aromatic N) is 1. The second-order valence-corrected chi connectivity index (χ2v) is 4.61. The van der Waals surface area contributed by atoms with E-state index in [4.69, 9.17) is 32.2 Å². The van der Waals surface area contributed by atoms with E-state index in [1.54, 1.807) is 38.6 Å². The highest BCUT2D eigenvalue weighted by molar-refractivity contribution is 7.80. The van der Waals surface area contributed by atoms with Crippen molar-refractivity contribution in [3.05, 3.63) is 47.8 Å². The quantitative estimate of drug-likeness (QED) is 0.826. The van der Waals surface area contributed by atoms with Crippen molar-refractivity contribution in [3.8, 4) is 17.2 Å². The van der Waals surface area contributed by atoms with Gasteiger partial charge in [-0.2, -0.15) is 0 Å². The van der Waals surface area contributed by atoms with Crippen LogP contribution in [-0.2, 0) is 6.61 Å². The SMILES string of the molecule is COc1ccnc(COc2ccc(C(N)=S)cc2)c1OC. The molecule has 0 spiro atoms. The maximum atomic E-state index is 5.69. The molecule has 1 heterocycles. The molecule has 6 heteroatoms. The second kappa shape index (κ2) is 6.90. The first-order valence-electron chi connectivity index (χ1n) is 6.24. The van der Waals surface area contributed by atoms with Gasteiger partial charge in [-0.3, -0.25) is 4.98 Å². The first-order chi connectivity index (χ1) is 10.2. The number of hydrogen-bond acceptors (Lipinski definition) is 5. The number of nitrogens with two attached hydrogens (primary N) is 1. The Balaban J connectivity index is 2.11. The number of rotatable bonds is 6. The summed E-state index contributed by atoms with van der Waals surface area (Å²) >= 11 is 4.90. The Labute approximate surface area is 128 Å². The zero-order valence-corrected chi connectivity index (χ0v) is 12.6. The number of benzene rings is 1. The summed E-state index contributed by atoms with van der Waals surface area (Å²) in [6, 6.07) is 8.98. The van der Waals surface area contributed by atoms with Gasteiger partial charge in [0.05, 0.1) is 14.2 Å². The van der Waals surface area contributed by atoms with Crippen LogP contribution in [0.4, 0.5) is 0 Å². The third-order valence-electron chi connectivity index (χ3n) is 2.88. The maximum Gasteiger partial charge on any atom is 0.185 e. The highest BCUT2D eigenvalue weighted by Gasteiger charge is 2.11. The van der Waals surface area contributed by atoms with Crippen LogP contribution in [0.5, 0.6) is 17.2 Å². The number of thiocarbonyl (C=S) groups is 1. The molecule has 2 N–H and O–H groups in total. The van der Waals surface area contributed by atoms with E-state index < -0.39 is 0 Å². The maximum absolute atomic E-state index is 5.69. The van der Waals surface area contributed by atoms with Crippen molar-refractivity contribution in [1.82, 2.24) is 4.98 Å². The lowest BCUT2D eigenvalue weighted by Crippen LogP contribution is -2.09. The van der Waals surface area contributed by atoms with Gasteiger partial charge in [-0.25, -0.2) is 0 Å². The molecule has 0 saturated carbocycles. The predicted molar refractivity (Wildman–Crippen MR) is 84.0 cm³/mol. The molecule has 2 rings (SSSR count). The fourth-order valence-electron chi connectivity index (χ4n) is 1.82. The molecule has 2 aromatic rings. The predicted octanol–water partition coefficient (Wildman–Crippen LogP) is 2.31. The standard InChI is InChI=1S/C15H16N2O3S/c1-18-13-7-8-17-12(14(13)19-2)9-20-11-5-3-10(4-6-11)15(16)21/h3-8H,9H2,1-2H3,(H2,16,21). The smallest absolute Gasteiger partial charge is 0.185 e. The van der Waals surface area contributed by atoms with E-state index in [0.717, 1.165) is 5.56 Å². The van der Waals surface area contributed by atoms with Crippen LogP contribution < -0.4 is 19.9 Å². The van der Waals surface area contributed by atoms with E-state index in [-0.39, 0.29) is 6.61 Å². The van der Waals surface area contributed by atoms with Gasteiger partial charge in [-0.1, -0.05) is 12.2 Å². The van der Waals surface area contributed by atoms with Gasteiger partial charge in [0.15, 0.2) is 11.5 Å². The van der Waals surface area contributed by atoms with Crippen LogP contribution in [0.2, 0.25) is 0 Å². The zero-order chi connectivity index (χ0) is 15.2. The molecule has 5 nitrogen and oxygen atoms in total. The summed E-state index contributed by atoms with van der Waals surface area (Å²) in [6.45, 7) is 0.271. The highest BCUT2D eigenvalue weighted by atomic mass is 32.1. The molecule has 0 bridgehead atoms. The lowest BCUT2D eigenvalue weighted by Gasteiger charge is -2.12. The van der Waals surface area contributed by atoms with Gasteiger partial charge in [0, 0.05) is 17.8 Å². The van der Waals surface area contributed by atoms with E-state index in [1.807, 2.05) is 12.1 Å². The number of ether oxygens (including phenoxy) is 3. The minimum atomic E-state index is 0.271. The van der Waals surface area contributed by atoms with Crippen molar-refractivity contribution >= 4 is 17.2 Å².